The second kappa shape index (κ2) is 2.99. The fraction of sp³-hybridized carbons (Fsp3) is 0.538. The maximum absolute atomic E-state index is 5.81. The van der Waals surface area contributed by atoms with E-state index in [4.69, 9.17) is 9.47 Å². The molecule has 1 spiro atoms. The Bertz CT molecular complexity index is 392. The Balaban J connectivity index is 2.14. The summed E-state index contributed by atoms with van der Waals surface area (Å²) in [6, 6.07) is 6.42. The SMILES string of the molecule is CC(C)c1cccc2c1OCCC21CO1. The van der Waals surface area contributed by atoms with Gasteiger partial charge in [0.25, 0.3) is 0 Å². The average Bonchev–Trinajstić information content (AvgIpc) is 2.98. The van der Waals surface area contributed by atoms with Crippen LogP contribution in [0.4, 0.5) is 0 Å². The molecule has 0 N–H and O–H groups in total. The molecule has 2 nitrogen and oxygen atoms in total. The lowest BCUT2D eigenvalue weighted by atomic mass is 9.89. The lowest BCUT2D eigenvalue weighted by Crippen LogP contribution is -2.22. The lowest BCUT2D eigenvalue weighted by Gasteiger charge is -2.26. The zero-order valence-electron chi connectivity index (χ0n) is 9.25. The molecular formula is C13H16O2. The van der Waals surface area contributed by atoms with Crippen LogP contribution in [0.1, 0.15) is 37.3 Å². The first-order valence-electron chi connectivity index (χ1n) is 5.63. The summed E-state index contributed by atoms with van der Waals surface area (Å²) in [6.07, 6.45) is 1.00. The van der Waals surface area contributed by atoms with Gasteiger partial charge in [0.15, 0.2) is 0 Å². The molecule has 1 atom stereocenters. The Kier molecular flexibility index (Phi) is 1.84. The minimum Gasteiger partial charge on any atom is -0.493 e. The van der Waals surface area contributed by atoms with Gasteiger partial charge < -0.3 is 9.47 Å². The van der Waals surface area contributed by atoms with Gasteiger partial charge in [-0.05, 0) is 11.5 Å². The molecule has 2 heteroatoms. The quantitative estimate of drug-likeness (QED) is 0.656. The largest absolute Gasteiger partial charge is 0.493 e. The van der Waals surface area contributed by atoms with Crippen molar-refractivity contribution in [2.75, 3.05) is 13.2 Å². The molecule has 0 saturated carbocycles. The number of fused-ring (bicyclic) bond motifs is 2. The highest BCUT2D eigenvalue weighted by Crippen LogP contribution is 2.50. The third-order valence-electron chi connectivity index (χ3n) is 3.40. The van der Waals surface area contributed by atoms with Crippen LogP contribution in [0.15, 0.2) is 18.2 Å². The summed E-state index contributed by atoms with van der Waals surface area (Å²) >= 11 is 0. The van der Waals surface area contributed by atoms with Gasteiger partial charge in [-0.1, -0.05) is 32.0 Å². The van der Waals surface area contributed by atoms with E-state index in [9.17, 15) is 0 Å². The van der Waals surface area contributed by atoms with Crippen molar-refractivity contribution in [3.05, 3.63) is 29.3 Å². The molecule has 1 aromatic carbocycles. The number of para-hydroxylation sites is 1. The highest BCUT2D eigenvalue weighted by molar-refractivity contribution is 5.49. The molecular weight excluding hydrogens is 188 g/mol. The van der Waals surface area contributed by atoms with E-state index in [0.717, 1.165) is 25.4 Å². The Hall–Kier alpha value is -1.02. The molecule has 3 rings (SSSR count). The van der Waals surface area contributed by atoms with Gasteiger partial charge in [-0.2, -0.15) is 0 Å². The molecule has 2 heterocycles. The summed E-state index contributed by atoms with van der Waals surface area (Å²) in [5.74, 6) is 1.59. The molecule has 0 aliphatic carbocycles. The zero-order chi connectivity index (χ0) is 10.5. The Morgan fingerprint density at radius 1 is 1.33 bits per heavy atom. The van der Waals surface area contributed by atoms with Crippen LogP contribution in [-0.4, -0.2) is 13.2 Å². The van der Waals surface area contributed by atoms with Gasteiger partial charge in [-0.25, -0.2) is 0 Å². The van der Waals surface area contributed by atoms with Crippen molar-refractivity contribution in [1.29, 1.82) is 0 Å². The van der Waals surface area contributed by atoms with E-state index in [1.807, 2.05) is 0 Å². The van der Waals surface area contributed by atoms with Crippen LogP contribution in [0.3, 0.4) is 0 Å². The van der Waals surface area contributed by atoms with Crippen molar-refractivity contribution in [2.24, 2.45) is 0 Å². The molecule has 0 amide bonds. The topological polar surface area (TPSA) is 21.8 Å². The highest BCUT2D eigenvalue weighted by atomic mass is 16.6. The molecule has 1 fully saturated rings. The molecule has 15 heavy (non-hydrogen) atoms. The van der Waals surface area contributed by atoms with Crippen LogP contribution in [-0.2, 0) is 10.3 Å². The van der Waals surface area contributed by atoms with E-state index in [0.29, 0.717) is 5.92 Å². The summed E-state index contributed by atoms with van der Waals surface area (Å²) < 4.78 is 11.4. The van der Waals surface area contributed by atoms with Gasteiger partial charge in [0, 0.05) is 12.0 Å². The molecule has 0 bridgehead atoms. The van der Waals surface area contributed by atoms with Gasteiger partial charge >= 0.3 is 0 Å². The monoisotopic (exact) mass is 204 g/mol. The van der Waals surface area contributed by atoms with Gasteiger partial charge in [0.05, 0.1) is 13.2 Å². The van der Waals surface area contributed by atoms with Crippen LogP contribution in [0.5, 0.6) is 5.75 Å². The smallest absolute Gasteiger partial charge is 0.128 e. The Morgan fingerprint density at radius 2 is 2.13 bits per heavy atom. The number of ether oxygens (including phenoxy) is 2. The molecule has 0 radical (unpaired) electrons. The number of benzene rings is 1. The maximum Gasteiger partial charge on any atom is 0.128 e. The van der Waals surface area contributed by atoms with Crippen molar-refractivity contribution in [2.45, 2.75) is 31.8 Å². The fourth-order valence-corrected chi connectivity index (χ4v) is 2.37. The van der Waals surface area contributed by atoms with Crippen LogP contribution < -0.4 is 4.74 Å². The number of rotatable bonds is 1. The minimum absolute atomic E-state index is 0.0124. The second-order valence-electron chi connectivity index (χ2n) is 4.76. The Labute approximate surface area is 90.2 Å². The van der Waals surface area contributed by atoms with Gasteiger partial charge in [-0.3, -0.25) is 0 Å². The molecule has 0 aromatic heterocycles. The first-order valence-corrected chi connectivity index (χ1v) is 5.63. The lowest BCUT2D eigenvalue weighted by molar-refractivity contribution is 0.191. The summed E-state index contributed by atoms with van der Waals surface area (Å²) in [4.78, 5) is 0. The second-order valence-corrected chi connectivity index (χ2v) is 4.76. The van der Waals surface area contributed by atoms with Crippen LogP contribution in [0.2, 0.25) is 0 Å². The first kappa shape index (κ1) is 9.22. The number of epoxide rings is 1. The van der Waals surface area contributed by atoms with Gasteiger partial charge in [-0.15, -0.1) is 0 Å². The number of hydrogen-bond acceptors (Lipinski definition) is 2. The van der Waals surface area contributed by atoms with E-state index in [1.54, 1.807) is 0 Å². The Morgan fingerprint density at radius 3 is 2.80 bits per heavy atom. The predicted octanol–water partition coefficient (Wildman–Crippen LogP) is 2.82. The summed E-state index contributed by atoms with van der Waals surface area (Å²) in [6.45, 7) is 6.06. The highest BCUT2D eigenvalue weighted by Gasteiger charge is 2.50. The minimum atomic E-state index is 0.0124. The summed E-state index contributed by atoms with van der Waals surface area (Å²) in [5.41, 5.74) is 2.58. The maximum atomic E-state index is 5.81. The molecule has 1 unspecified atom stereocenters. The molecule has 80 valence electrons. The van der Waals surface area contributed by atoms with Gasteiger partial charge in [0.1, 0.15) is 11.4 Å². The van der Waals surface area contributed by atoms with Crippen molar-refractivity contribution in [3.8, 4) is 5.75 Å². The normalized spacial score (nSPS) is 27.7. The van der Waals surface area contributed by atoms with Crippen LogP contribution in [0.25, 0.3) is 0 Å². The third-order valence-corrected chi connectivity index (χ3v) is 3.40. The van der Waals surface area contributed by atoms with E-state index in [-0.39, 0.29) is 5.60 Å². The predicted molar refractivity (Wildman–Crippen MR) is 58.3 cm³/mol. The average molecular weight is 204 g/mol. The van der Waals surface area contributed by atoms with Crippen LogP contribution >= 0.6 is 0 Å². The summed E-state index contributed by atoms with van der Waals surface area (Å²) in [5, 5.41) is 0. The zero-order valence-corrected chi connectivity index (χ0v) is 9.25. The van der Waals surface area contributed by atoms with Crippen molar-refractivity contribution in [3.63, 3.8) is 0 Å². The van der Waals surface area contributed by atoms with E-state index >= 15 is 0 Å². The van der Waals surface area contributed by atoms with E-state index in [2.05, 4.69) is 32.0 Å². The van der Waals surface area contributed by atoms with E-state index < -0.39 is 0 Å². The van der Waals surface area contributed by atoms with Gasteiger partial charge in [0.2, 0.25) is 0 Å². The van der Waals surface area contributed by atoms with Crippen molar-refractivity contribution >= 4 is 0 Å². The molecule has 1 aromatic rings. The van der Waals surface area contributed by atoms with E-state index in [1.165, 1.54) is 11.1 Å². The molecule has 2 aliphatic heterocycles. The standard InChI is InChI=1S/C13H16O2/c1-9(2)10-4-3-5-11-12(10)14-7-6-13(11)8-15-13/h3-5,9H,6-8H2,1-2H3. The van der Waals surface area contributed by atoms with Crippen molar-refractivity contribution in [1.82, 2.24) is 0 Å². The third kappa shape index (κ3) is 1.28. The number of hydrogen-bond donors (Lipinski definition) is 0. The molecule has 1 saturated heterocycles. The summed E-state index contributed by atoms with van der Waals surface area (Å²) in [7, 11) is 0. The van der Waals surface area contributed by atoms with Crippen LogP contribution in [0, 0.1) is 0 Å². The van der Waals surface area contributed by atoms with Crippen molar-refractivity contribution < 1.29 is 9.47 Å². The first-order chi connectivity index (χ1) is 7.23. The fourth-order valence-electron chi connectivity index (χ4n) is 2.37. The molecule has 2 aliphatic rings.